The van der Waals surface area contributed by atoms with Gasteiger partial charge in [-0.15, -0.1) is 24.0 Å². The number of nitrogens with one attached hydrogen (secondary N) is 2. The van der Waals surface area contributed by atoms with E-state index in [1.165, 1.54) is 11.1 Å². The molecule has 132 valence electrons. The Morgan fingerprint density at radius 1 is 1.29 bits per heavy atom. The molecule has 6 nitrogen and oxygen atoms in total. The highest BCUT2D eigenvalue weighted by Crippen LogP contribution is 2.08. The number of guanidine groups is 1. The fraction of sp³-hybridized carbons (Fsp3) is 0.412. The lowest BCUT2D eigenvalue weighted by Gasteiger charge is -2.11. The van der Waals surface area contributed by atoms with Crippen LogP contribution >= 0.6 is 24.0 Å². The molecule has 0 aliphatic heterocycles. The van der Waals surface area contributed by atoms with Crippen LogP contribution in [0.4, 0.5) is 0 Å². The summed E-state index contributed by atoms with van der Waals surface area (Å²) < 4.78 is 7.10. The molecule has 2 aromatic rings. The molecule has 0 spiro atoms. The van der Waals surface area contributed by atoms with E-state index in [4.69, 9.17) is 4.74 Å². The van der Waals surface area contributed by atoms with Gasteiger partial charge in [-0.25, -0.2) is 9.98 Å². The average Bonchev–Trinajstić information content (AvgIpc) is 3.06. The zero-order valence-corrected chi connectivity index (χ0v) is 16.6. The SMILES string of the molecule is CCNC(=NCc1cccc(Cn2ccnc2)c1)NCCOC.I. The number of halogens is 1. The zero-order valence-electron chi connectivity index (χ0n) is 14.2. The Labute approximate surface area is 160 Å². The van der Waals surface area contributed by atoms with Gasteiger partial charge in [-0.1, -0.05) is 24.3 Å². The molecule has 1 aromatic carbocycles. The van der Waals surface area contributed by atoms with Crippen molar-refractivity contribution < 1.29 is 4.74 Å². The van der Waals surface area contributed by atoms with Gasteiger partial charge < -0.3 is 19.9 Å². The molecular weight excluding hydrogens is 417 g/mol. The van der Waals surface area contributed by atoms with E-state index in [-0.39, 0.29) is 24.0 Å². The van der Waals surface area contributed by atoms with Crippen molar-refractivity contribution in [1.29, 1.82) is 0 Å². The molecule has 0 bridgehead atoms. The molecule has 0 aliphatic rings. The summed E-state index contributed by atoms with van der Waals surface area (Å²) in [5, 5.41) is 6.48. The summed E-state index contributed by atoms with van der Waals surface area (Å²) in [4.78, 5) is 8.68. The fourth-order valence-corrected chi connectivity index (χ4v) is 2.20. The third-order valence-electron chi connectivity index (χ3n) is 3.28. The first-order valence-corrected chi connectivity index (χ1v) is 7.86. The van der Waals surface area contributed by atoms with Crippen molar-refractivity contribution in [2.75, 3.05) is 26.8 Å². The molecule has 2 rings (SSSR count). The highest BCUT2D eigenvalue weighted by atomic mass is 127. The smallest absolute Gasteiger partial charge is 0.191 e. The molecule has 0 unspecified atom stereocenters. The van der Waals surface area contributed by atoms with Crippen molar-refractivity contribution in [2.45, 2.75) is 20.0 Å². The summed E-state index contributed by atoms with van der Waals surface area (Å²) in [6.45, 7) is 5.75. The summed E-state index contributed by atoms with van der Waals surface area (Å²) >= 11 is 0. The van der Waals surface area contributed by atoms with Crippen LogP contribution in [-0.2, 0) is 17.8 Å². The monoisotopic (exact) mass is 443 g/mol. The highest BCUT2D eigenvalue weighted by Gasteiger charge is 1.99. The van der Waals surface area contributed by atoms with Gasteiger partial charge in [-0.2, -0.15) is 0 Å². The van der Waals surface area contributed by atoms with Gasteiger partial charge in [0.05, 0.1) is 19.5 Å². The molecule has 0 fully saturated rings. The fourth-order valence-electron chi connectivity index (χ4n) is 2.20. The molecule has 0 saturated heterocycles. The van der Waals surface area contributed by atoms with Gasteiger partial charge >= 0.3 is 0 Å². The number of nitrogens with zero attached hydrogens (tertiary/aromatic N) is 3. The number of rotatable bonds is 8. The van der Waals surface area contributed by atoms with Crippen molar-refractivity contribution in [2.24, 2.45) is 4.99 Å². The summed E-state index contributed by atoms with van der Waals surface area (Å²) in [6, 6.07) is 8.47. The minimum Gasteiger partial charge on any atom is -0.383 e. The Morgan fingerprint density at radius 3 is 2.83 bits per heavy atom. The Balaban J connectivity index is 0.00000288. The van der Waals surface area contributed by atoms with Crippen molar-refractivity contribution in [3.63, 3.8) is 0 Å². The van der Waals surface area contributed by atoms with Crippen LogP contribution in [-0.4, -0.2) is 42.3 Å². The predicted octanol–water partition coefficient (Wildman–Crippen LogP) is 2.25. The highest BCUT2D eigenvalue weighted by molar-refractivity contribution is 14.0. The van der Waals surface area contributed by atoms with Crippen LogP contribution in [0, 0.1) is 0 Å². The maximum atomic E-state index is 5.05. The third-order valence-corrected chi connectivity index (χ3v) is 3.28. The molecule has 1 heterocycles. The lowest BCUT2D eigenvalue weighted by atomic mass is 10.1. The van der Waals surface area contributed by atoms with Crippen LogP contribution < -0.4 is 10.6 Å². The molecule has 0 atom stereocenters. The summed E-state index contributed by atoms with van der Waals surface area (Å²) in [6.07, 6.45) is 5.59. The van der Waals surface area contributed by atoms with E-state index >= 15 is 0 Å². The zero-order chi connectivity index (χ0) is 16.3. The van der Waals surface area contributed by atoms with Crippen molar-refractivity contribution >= 4 is 29.9 Å². The summed E-state index contributed by atoms with van der Waals surface area (Å²) in [7, 11) is 1.69. The lowest BCUT2D eigenvalue weighted by molar-refractivity contribution is 0.203. The van der Waals surface area contributed by atoms with Gasteiger partial charge in [-0.05, 0) is 18.1 Å². The van der Waals surface area contributed by atoms with Crippen molar-refractivity contribution in [1.82, 2.24) is 20.2 Å². The number of imidazole rings is 1. The topological polar surface area (TPSA) is 63.5 Å². The minimum atomic E-state index is 0. The van der Waals surface area contributed by atoms with Gasteiger partial charge in [0, 0.05) is 39.1 Å². The molecule has 1 aromatic heterocycles. The van der Waals surface area contributed by atoms with Crippen LogP contribution in [0.25, 0.3) is 0 Å². The quantitative estimate of drug-likeness (QED) is 0.285. The van der Waals surface area contributed by atoms with Crippen LogP contribution in [0.2, 0.25) is 0 Å². The number of hydrogen-bond acceptors (Lipinski definition) is 3. The second-order valence-corrected chi connectivity index (χ2v) is 5.17. The molecule has 7 heteroatoms. The molecule has 0 saturated carbocycles. The maximum absolute atomic E-state index is 5.05. The number of methoxy groups -OCH3 is 1. The first-order valence-electron chi connectivity index (χ1n) is 7.86. The van der Waals surface area contributed by atoms with Gasteiger partial charge in [-0.3, -0.25) is 0 Å². The lowest BCUT2D eigenvalue weighted by Crippen LogP contribution is -2.38. The number of benzene rings is 1. The Morgan fingerprint density at radius 2 is 2.12 bits per heavy atom. The Hall–Kier alpha value is -1.61. The number of ether oxygens (including phenoxy) is 1. The van der Waals surface area contributed by atoms with Crippen LogP contribution in [0.5, 0.6) is 0 Å². The van der Waals surface area contributed by atoms with Gasteiger partial charge in [0.2, 0.25) is 0 Å². The van der Waals surface area contributed by atoms with Crippen molar-refractivity contribution in [3.05, 3.63) is 54.1 Å². The molecule has 0 radical (unpaired) electrons. The maximum Gasteiger partial charge on any atom is 0.191 e. The first-order chi connectivity index (χ1) is 11.3. The molecule has 0 amide bonds. The standard InChI is InChI=1S/C17H25N5O.HI/c1-3-19-17(20-8-10-23-2)21-12-15-5-4-6-16(11-15)13-22-9-7-18-14-22;/h4-7,9,11,14H,3,8,10,12-13H2,1-2H3,(H2,19,20,21);1H. The van der Waals surface area contributed by atoms with E-state index in [1.807, 2.05) is 12.5 Å². The normalized spacial score (nSPS) is 11.0. The molecule has 24 heavy (non-hydrogen) atoms. The number of aromatic nitrogens is 2. The molecule has 2 N–H and O–H groups in total. The van der Waals surface area contributed by atoms with E-state index in [1.54, 1.807) is 13.3 Å². The average molecular weight is 443 g/mol. The Kier molecular flexibility index (Phi) is 10.1. The van der Waals surface area contributed by atoms with Gasteiger partial charge in [0.15, 0.2) is 5.96 Å². The summed E-state index contributed by atoms with van der Waals surface area (Å²) in [5.74, 6) is 0.810. The van der Waals surface area contributed by atoms with E-state index in [0.717, 1.165) is 25.6 Å². The van der Waals surface area contributed by atoms with Crippen LogP contribution in [0.1, 0.15) is 18.1 Å². The van der Waals surface area contributed by atoms with E-state index in [2.05, 4.69) is 56.4 Å². The van der Waals surface area contributed by atoms with Crippen LogP contribution in [0.3, 0.4) is 0 Å². The predicted molar refractivity (Wildman–Crippen MR) is 108 cm³/mol. The second-order valence-electron chi connectivity index (χ2n) is 5.17. The van der Waals surface area contributed by atoms with E-state index < -0.39 is 0 Å². The second kappa shape index (κ2) is 11.9. The van der Waals surface area contributed by atoms with E-state index in [9.17, 15) is 0 Å². The van der Waals surface area contributed by atoms with Crippen LogP contribution in [0.15, 0.2) is 48.0 Å². The first kappa shape index (κ1) is 20.4. The van der Waals surface area contributed by atoms with Gasteiger partial charge in [0.25, 0.3) is 0 Å². The largest absolute Gasteiger partial charge is 0.383 e. The Bertz CT molecular complexity index is 601. The van der Waals surface area contributed by atoms with Gasteiger partial charge in [0.1, 0.15) is 0 Å². The number of hydrogen-bond donors (Lipinski definition) is 2. The van der Waals surface area contributed by atoms with E-state index in [0.29, 0.717) is 13.2 Å². The third kappa shape index (κ3) is 7.31. The van der Waals surface area contributed by atoms with Crippen molar-refractivity contribution in [3.8, 4) is 0 Å². The minimum absolute atomic E-state index is 0. The summed E-state index contributed by atoms with van der Waals surface area (Å²) in [5.41, 5.74) is 2.43. The molecule has 0 aliphatic carbocycles. The molecular formula is C17H26IN5O. The number of aliphatic imine (C=N–C) groups is 1.